The van der Waals surface area contributed by atoms with E-state index in [-0.39, 0.29) is 17.2 Å². The number of hydrogen-bond acceptors (Lipinski definition) is 7. The summed E-state index contributed by atoms with van der Waals surface area (Å²) >= 11 is 15.6. The van der Waals surface area contributed by atoms with Crippen molar-refractivity contribution >= 4 is 67.0 Å². The number of methoxy groups -OCH3 is 2. The molecule has 0 spiro atoms. The highest BCUT2D eigenvalue weighted by atomic mass is 79.9. The number of amides is 1. The normalized spacial score (nSPS) is 11.3. The standard InChI is InChI=1S/C30H26BrCl2N3O6S/c1-40-25-10-12-26(13-11-25)43(38,39)36(24-5-3-4-23(33)16-24)18-29(37)35-34-17-21-14-27(31)30(28(15-21)41-2)42-19-20-6-8-22(32)9-7-20/h3-17H,18-19H2,1-2H3,(H,35,37)/b34-17-. The van der Waals surface area contributed by atoms with E-state index in [0.29, 0.717) is 37.3 Å². The van der Waals surface area contributed by atoms with Gasteiger partial charge < -0.3 is 14.2 Å². The van der Waals surface area contributed by atoms with Gasteiger partial charge in [-0.25, -0.2) is 13.8 Å². The zero-order valence-corrected chi connectivity index (χ0v) is 26.9. The van der Waals surface area contributed by atoms with Crippen molar-refractivity contribution in [1.29, 1.82) is 0 Å². The third-order valence-corrected chi connectivity index (χ3v) is 8.85. The van der Waals surface area contributed by atoms with Crippen LogP contribution in [0.25, 0.3) is 0 Å². The second-order valence-electron chi connectivity index (χ2n) is 8.91. The number of halogens is 3. The van der Waals surface area contributed by atoms with Crippen molar-refractivity contribution in [3.8, 4) is 17.2 Å². The smallest absolute Gasteiger partial charge is 0.264 e. The fourth-order valence-corrected chi connectivity index (χ4v) is 6.15. The Balaban J connectivity index is 1.49. The van der Waals surface area contributed by atoms with Crippen molar-refractivity contribution in [3.63, 3.8) is 0 Å². The second-order valence-corrected chi connectivity index (χ2v) is 12.5. The summed E-state index contributed by atoms with van der Waals surface area (Å²) in [5.74, 6) is 0.736. The minimum atomic E-state index is -4.15. The van der Waals surface area contributed by atoms with Gasteiger partial charge in [0.25, 0.3) is 15.9 Å². The number of hydrogen-bond donors (Lipinski definition) is 1. The molecule has 4 aromatic carbocycles. The fourth-order valence-electron chi connectivity index (χ4n) is 3.86. The highest BCUT2D eigenvalue weighted by Crippen LogP contribution is 2.37. The number of sulfonamides is 1. The Morgan fingerprint density at radius 1 is 0.953 bits per heavy atom. The average molecular weight is 707 g/mol. The third kappa shape index (κ3) is 8.41. The molecule has 0 radical (unpaired) electrons. The number of anilines is 1. The number of carbonyl (C=O) groups excluding carboxylic acids is 1. The molecule has 0 saturated heterocycles. The lowest BCUT2D eigenvalue weighted by Gasteiger charge is -2.24. The molecule has 0 aliphatic heterocycles. The third-order valence-electron chi connectivity index (χ3n) is 5.98. The second kappa shape index (κ2) is 14.6. The van der Waals surface area contributed by atoms with Gasteiger partial charge in [-0.05, 0) is 93.8 Å². The lowest BCUT2D eigenvalue weighted by molar-refractivity contribution is -0.119. The molecule has 1 N–H and O–H groups in total. The molecule has 13 heteroatoms. The Morgan fingerprint density at radius 3 is 2.33 bits per heavy atom. The number of hydrazone groups is 1. The molecule has 43 heavy (non-hydrogen) atoms. The molecular formula is C30H26BrCl2N3O6S. The van der Waals surface area contributed by atoms with Crippen LogP contribution in [-0.2, 0) is 21.4 Å². The molecule has 4 rings (SSSR count). The first-order valence-electron chi connectivity index (χ1n) is 12.6. The highest BCUT2D eigenvalue weighted by Gasteiger charge is 2.27. The summed E-state index contributed by atoms with van der Waals surface area (Å²) in [6.45, 7) is -0.269. The van der Waals surface area contributed by atoms with Crippen LogP contribution in [0, 0.1) is 0 Å². The number of ether oxygens (including phenoxy) is 3. The number of carbonyl (C=O) groups is 1. The molecule has 0 bridgehead atoms. The first-order valence-corrected chi connectivity index (χ1v) is 15.6. The van der Waals surface area contributed by atoms with Gasteiger partial charge in [0.2, 0.25) is 0 Å². The Bertz CT molecular complexity index is 1720. The summed E-state index contributed by atoms with van der Waals surface area (Å²) in [5, 5.41) is 4.96. The molecule has 0 fully saturated rings. The minimum absolute atomic E-state index is 0.0279. The Kier molecular flexibility index (Phi) is 10.9. The zero-order valence-electron chi connectivity index (χ0n) is 23.0. The highest BCUT2D eigenvalue weighted by molar-refractivity contribution is 9.10. The van der Waals surface area contributed by atoms with Crippen LogP contribution in [0.4, 0.5) is 5.69 Å². The molecule has 9 nitrogen and oxygen atoms in total. The van der Waals surface area contributed by atoms with Crippen molar-refractivity contribution in [2.45, 2.75) is 11.5 Å². The van der Waals surface area contributed by atoms with Gasteiger partial charge in [0.1, 0.15) is 18.9 Å². The lowest BCUT2D eigenvalue weighted by Crippen LogP contribution is -2.39. The minimum Gasteiger partial charge on any atom is -0.497 e. The van der Waals surface area contributed by atoms with Gasteiger partial charge >= 0.3 is 0 Å². The molecule has 4 aromatic rings. The molecule has 1 amide bonds. The quantitative estimate of drug-likeness (QED) is 0.130. The summed E-state index contributed by atoms with van der Waals surface area (Å²) < 4.78 is 45.2. The number of benzene rings is 4. The monoisotopic (exact) mass is 705 g/mol. The van der Waals surface area contributed by atoms with Crippen LogP contribution < -0.4 is 23.9 Å². The number of rotatable bonds is 12. The predicted octanol–water partition coefficient (Wildman–Crippen LogP) is 6.70. The van der Waals surface area contributed by atoms with Crippen LogP contribution in [0.15, 0.2) is 99.4 Å². The maximum absolute atomic E-state index is 13.6. The molecule has 0 atom stereocenters. The van der Waals surface area contributed by atoms with Crippen molar-refractivity contribution in [1.82, 2.24) is 5.43 Å². The molecule has 0 saturated carbocycles. The van der Waals surface area contributed by atoms with Gasteiger partial charge in [-0.1, -0.05) is 41.4 Å². The number of nitrogens with zero attached hydrogens (tertiary/aromatic N) is 2. The van der Waals surface area contributed by atoms with Crippen LogP contribution in [0.2, 0.25) is 10.0 Å². The Labute approximate surface area is 268 Å². The predicted molar refractivity (Wildman–Crippen MR) is 171 cm³/mol. The van der Waals surface area contributed by atoms with E-state index in [1.165, 1.54) is 50.8 Å². The van der Waals surface area contributed by atoms with E-state index in [1.54, 1.807) is 42.5 Å². The Morgan fingerprint density at radius 2 is 1.67 bits per heavy atom. The van der Waals surface area contributed by atoms with Crippen LogP contribution in [-0.4, -0.2) is 41.3 Å². The van der Waals surface area contributed by atoms with E-state index >= 15 is 0 Å². The molecule has 0 aromatic heterocycles. The topological polar surface area (TPSA) is 107 Å². The van der Waals surface area contributed by atoms with E-state index in [0.717, 1.165) is 9.87 Å². The maximum Gasteiger partial charge on any atom is 0.264 e. The first kappa shape index (κ1) is 32.2. The summed E-state index contributed by atoms with van der Waals surface area (Å²) in [7, 11) is -1.17. The Hall–Kier alpha value is -3.77. The van der Waals surface area contributed by atoms with Gasteiger partial charge in [-0.3, -0.25) is 9.10 Å². The summed E-state index contributed by atoms with van der Waals surface area (Å²) in [6, 6.07) is 22.8. The van der Waals surface area contributed by atoms with Crippen LogP contribution in [0.3, 0.4) is 0 Å². The fraction of sp³-hybridized carbons (Fsp3) is 0.133. The van der Waals surface area contributed by atoms with E-state index < -0.39 is 22.5 Å². The summed E-state index contributed by atoms with van der Waals surface area (Å²) in [5.41, 5.74) is 4.10. The van der Waals surface area contributed by atoms with Gasteiger partial charge in [0.15, 0.2) is 11.5 Å². The molecule has 0 heterocycles. The van der Waals surface area contributed by atoms with E-state index in [2.05, 4.69) is 26.5 Å². The van der Waals surface area contributed by atoms with Crippen LogP contribution in [0.5, 0.6) is 17.2 Å². The van der Waals surface area contributed by atoms with E-state index in [4.69, 9.17) is 37.4 Å². The zero-order chi connectivity index (χ0) is 31.0. The van der Waals surface area contributed by atoms with Crippen molar-refractivity contribution in [2.24, 2.45) is 5.10 Å². The SMILES string of the molecule is COc1ccc(S(=O)(=O)N(CC(=O)N/N=C\c2cc(Br)c(OCc3ccc(Cl)cc3)c(OC)c2)c2cccc(Cl)c2)cc1. The van der Waals surface area contributed by atoms with Crippen molar-refractivity contribution in [2.75, 3.05) is 25.1 Å². The molecule has 0 aliphatic rings. The number of nitrogens with one attached hydrogen (secondary N) is 1. The molecule has 0 aliphatic carbocycles. The van der Waals surface area contributed by atoms with E-state index in [1.807, 2.05) is 12.1 Å². The summed E-state index contributed by atoms with van der Waals surface area (Å²) in [4.78, 5) is 12.9. The maximum atomic E-state index is 13.6. The average Bonchev–Trinajstić information content (AvgIpc) is 3.00. The molecule has 224 valence electrons. The first-order chi connectivity index (χ1) is 20.6. The van der Waals surface area contributed by atoms with Gasteiger partial charge in [-0.15, -0.1) is 0 Å². The van der Waals surface area contributed by atoms with Crippen LogP contribution >= 0.6 is 39.1 Å². The van der Waals surface area contributed by atoms with E-state index in [9.17, 15) is 13.2 Å². The summed E-state index contributed by atoms with van der Waals surface area (Å²) in [6.07, 6.45) is 1.40. The van der Waals surface area contributed by atoms with Gasteiger partial charge in [-0.2, -0.15) is 5.10 Å². The van der Waals surface area contributed by atoms with Crippen LogP contribution in [0.1, 0.15) is 11.1 Å². The van der Waals surface area contributed by atoms with Crippen molar-refractivity contribution in [3.05, 3.63) is 111 Å². The molecule has 0 unspecified atom stereocenters. The largest absolute Gasteiger partial charge is 0.497 e. The van der Waals surface area contributed by atoms with Crippen molar-refractivity contribution < 1.29 is 27.4 Å². The molecular weight excluding hydrogens is 681 g/mol. The lowest BCUT2D eigenvalue weighted by atomic mass is 10.2. The van der Waals surface area contributed by atoms with Gasteiger partial charge in [0, 0.05) is 10.0 Å². The van der Waals surface area contributed by atoms with Gasteiger partial charge in [0.05, 0.1) is 35.5 Å².